The van der Waals surface area contributed by atoms with Gasteiger partial charge in [0.05, 0.1) is 13.2 Å². The zero-order chi connectivity index (χ0) is 22.3. The van der Waals surface area contributed by atoms with E-state index in [0.29, 0.717) is 32.0 Å². The molecule has 0 aliphatic carbocycles. The number of carbonyl (C=O) groups is 2. The molecule has 5 heteroatoms. The van der Waals surface area contributed by atoms with Crippen molar-refractivity contribution in [3.05, 3.63) is 0 Å². The Bertz CT molecular complexity index is 397. The van der Waals surface area contributed by atoms with Gasteiger partial charge in [0.2, 0.25) is 0 Å². The van der Waals surface area contributed by atoms with E-state index in [2.05, 4.69) is 13.8 Å². The first-order valence-corrected chi connectivity index (χ1v) is 12.4. The van der Waals surface area contributed by atoms with Crippen LogP contribution in [0, 0.1) is 5.92 Å². The topological polar surface area (TPSA) is 61.8 Å². The zero-order valence-electron chi connectivity index (χ0n) is 20.1. The quantitative estimate of drug-likeness (QED) is 0.143. The van der Waals surface area contributed by atoms with E-state index < -0.39 is 0 Å². The summed E-state index contributed by atoms with van der Waals surface area (Å²) in [7, 11) is 1.71. The standard InChI is InChI=1S/C25H48O5/c1-4-5-6-7-12-15-20-29-24(26)16-13-10-8-9-11-14-17-25(27)30-22-19-23(2)18-21-28-3/h23H,4-22H2,1-3H3. The summed E-state index contributed by atoms with van der Waals surface area (Å²) in [5.74, 6) is 0.385. The van der Waals surface area contributed by atoms with E-state index in [1.165, 1.54) is 25.7 Å². The minimum atomic E-state index is -0.0814. The van der Waals surface area contributed by atoms with Crippen LogP contribution >= 0.6 is 0 Å². The van der Waals surface area contributed by atoms with Crippen LogP contribution in [-0.2, 0) is 23.8 Å². The molecule has 0 aromatic carbocycles. The monoisotopic (exact) mass is 428 g/mol. The molecule has 0 aliphatic rings. The Morgan fingerprint density at radius 1 is 0.633 bits per heavy atom. The molecule has 1 unspecified atom stereocenters. The molecule has 0 saturated carbocycles. The average Bonchev–Trinajstić information content (AvgIpc) is 2.73. The van der Waals surface area contributed by atoms with Gasteiger partial charge in [-0.2, -0.15) is 0 Å². The van der Waals surface area contributed by atoms with Gasteiger partial charge in [-0.15, -0.1) is 0 Å². The summed E-state index contributed by atoms with van der Waals surface area (Å²) < 4.78 is 15.6. The smallest absolute Gasteiger partial charge is 0.305 e. The largest absolute Gasteiger partial charge is 0.466 e. The van der Waals surface area contributed by atoms with Crippen LogP contribution in [0.25, 0.3) is 0 Å². The molecule has 0 aromatic rings. The Morgan fingerprint density at radius 3 is 1.67 bits per heavy atom. The van der Waals surface area contributed by atoms with Gasteiger partial charge in [-0.3, -0.25) is 9.59 Å². The van der Waals surface area contributed by atoms with Gasteiger partial charge in [0, 0.05) is 26.6 Å². The van der Waals surface area contributed by atoms with Gasteiger partial charge in [0.15, 0.2) is 0 Å². The highest BCUT2D eigenvalue weighted by Crippen LogP contribution is 2.11. The second kappa shape index (κ2) is 22.6. The summed E-state index contributed by atoms with van der Waals surface area (Å²) in [5.41, 5.74) is 0. The van der Waals surface area contributed by atoms with Crippen LogP contribution in [-0.4, -0.2) is 38.9 Å². The molecule has 0 radical (unpaired) electrons. The van der Waals surface area contributed by atoms with Crippen molar-refractivity contribution in [1.82, 2.24) is 0 Å². The predicted molar refractivity (Wildman–Crippen MR) is 123 cm³/mol. The van der Waals surface area contributed by atoms with E-state index in [0.717, 1.165) is 70.8 Å². The zero-order valence-corrected chi connectivity index (χ0v) is 20.1. The van der Waals surface area contributed by atoms with Crippen molar-refractivity contribution in [3.63, 3.8) is 0 Å². The number of hydrogen-bond donors (Lipinski definition) is 0. The Labute approximate surface area is 185 Å². The second-order valence-corrected chi connectivity index (χ2v) is 8.51. The number of carbonyl (C=O) groups excluding carboxylic acids is 2. The highest BCUT2D eigenvalue weighted by Gasteiger charge is 2.06. The third-order valence-corrected chi connectivity index (χ3v) is 5.46. The second-order valence-electron chi connectivity index (χ2n) is 8.51. The van der Waals surface area contributed by atoms with E-state index >= 15 is 0 Å². The summed E-state index contributed by atoms with van der Waals surface area (Å²) in [6.45, 7) is 6.22. The molecule has 178 valence electrons. The van der Waals surface area contributed by atoms with Crippen LogP contribution in [0.5, 0.6) is 0 Å². The molecule has 0 aromatic heterocycles. The van der Waals surface area contributed by atoms with E-state index in [1.807, 2.05) is 0 Å². The summed E-state index contributed by atoms with van der Waals surface area (Å²) in [5, 5.41) is 0. The molecular weight excluding hydrogens is 380 g/mol. The van der Waals surface area contributed by atoms with Gasteiger partial charge >= 0.3 is 11.9 Å². The summed E-state index contributed by atoms with van der Waals surface area (Å²) in [6, 6.07) is 0. The van der Waals surface area contributed by atoms with Crippen molar-refractivity contribution < 1.29 is 23.8 Å². The van der Waals surface area contributed by atoms with Crippen molar-refractivity contribution in [2.45, 2.75) is 117 Å². The van der Waals surface area contributed by atoms with E-state index in [9.17, 15) is 9.59 Å². The first-order chi connectivity index (χ1) is 14.6. The summed E-state index contributed by atoms with van der Waals surface area (Å²) in [6.07, 6.45) is 16.3. The fraction of sp³-hybridized carbons (Fsp3) is 0.920. The van der Waals surface area contributed by atoms with Crippen molar-refractivity contribution in [3.8, 4) is 0 Å². The van der Waals surface area contributed by atoms with Crippen molar-refractivity contribution in [1.29, 1.82) is 0 Å². The van der Waals surface area contributed by atoms with Crippen molar-refractivity contribution in [2.24, 2.45) is 5.92 Å². The maximum absolute atomic E-state index is 11.7. The fourth-order valence-corrected chi connectivity index (χ4v) is 3.30. The Kier molecular flexibility index (Phi) is 21.8. The number of hydrogen-bond acceptors (Lipinski definition) is 5. The van der Waals surface area contributed by atoms with Crippen LogP contribution < -0.4 is 0 Å². The molecule has 0 fully saturated rings. The number of methoxy groups -OCH3 is 1. The molecule has 0 amide bonds. The van der Waals surface area contributed by atoms with E-state index in [1.54, 1.807) is 7.11 Å². The van der Waals surface area contributed by atoms with Gasteiger partial charge in [0.25, 0.3) is 0 Å². The molecule has 5 nitrogen and oxygen atoms in total. The highest BCUT2D eigenvalue weighted by atomic mass is 16.5. The Hall–Kier alpha value is -1.10. The molecule has 0 N–H and O–H groups in total. The molecule has 30 heavy (non-hydrogen) atoms. The minimum Gasteiger partial charge on any atom is -0.466 e. The number of unbranched alkanes of at least 4 members (excludes halogenated alkanes) is 10. The Balaban J connectivity index is 3.33. The number of esters is 2. The van der Waals surface area contributed by atoms with E-state index in [4.69, 9.17) is 14.2 Å². The van der Waals surface area contributed by atoms with Crippen molar-refractivity contribution in [2.75, 3.05) is 26.9 Å². The van der Waals surface area contributed by atoms with Crippen LogP contribution in [0.15, 0.2) is 0 Å². The lowest BCUT2D eigenvalue weighted by atomic mass is 10.1. The third-order valence-electron chi connectivity index (χ3n) is 5.46. The molecule has 0 aliphatic heterocycles. The van der Waals surface area contributed by atoms with Crippen LogP contribution in [0.2, 0.25) is 0 Å². The van der Waals surface area contributed by atoms with Crippen LogP contribution in [0.4, 0.5) is 0 Å². The van der Waals surface area contributed by atoms with Gasteiger partial charge < -0.3 is 14.2 Å². The molecule has 0 heterocycles. The Morgan fingerprint density at radius 2 is 1.10 bits per heavy atom. The highest BCUT2D eigenvalue weighted by molar-refractivity contribution is 5.69. The first kappa shape index (κ1) is 28.9. The lowest BCUT2D eigenvalue weighted by Crippen LogP contribution is -2.09. The van der Waals surface area contributed by atoms with Gasteiger partial charge in [0.1, 0.15) is 0 Å². The summed E-state index contributed by atoms with van der Waals surface area (Å²) in [4.78, 5) is 23.4. The van der Waals surface area contributed by atoms with Crippen molar-refractivity contribution >= 4 is 11.9 Å². The normalized spacial score (nSPS) is 12.0. The van der Waals surface area contributed by atoms with Gasteiger partial charge in [-0.25, -0.2) is 0 Å². The SMILES string of the molecule is CCCCCCCCOC(=O)CCCCCCCCC(=O)OCCC(C)CCOC. The molecule has 0 spiro atoms. The van der Waals surface area contributed by atoms with Crippen LogP contribution in [0.1, 0.15) is 117 Å². The maximum Gasteiger partial charge on any atom is 0.305 e. The lowest BCUT2D eigenvalue weighted by molar-refractivity contribution is -0.145. The fourth-order valence-electron chi connectivity index (χ4n) is 3.30. The molecule has 0 rings (SSSR count). The minimum absolute atomic E-state index is 0.0529. The molecule has 0 bridgehead atoms. The summed E-state index contributed by atoms with van der Waals surface area (Å²) >= 11 is 0. The van der Waals surface area contributed by atoms with Gasteiger partial charge in [-0.1, -0.05) is 71.6 Å². The number of rotatable bonds is 22. The predicted octanol–water partition coefficient (Wildman–Crippen LogP) is 6.62. The molecular formula is C25H48O5. The third kappa shape index (κ3) is 21.6. The molecule has 1 atom stereocenters. The first-order valence-electron chi connectivity index (χ1n) is 12.4. The van der Waals surface area contributed by atoms with E-state index in [-0.39, 0.29) is 11.9 Å². The lowest BCUT2D eigenvalue weighted by Gasteiger charge is -2.11. The van der Waals surface area contributed by atoms with Gasteiger partial charge in [-0.05, 0) is 38.0 Å². The maximum atomic E-state index is 11.7. The average molecular weight is 429 g/mol. The molecule has 0 saturated heterocycles. The number of ether oxygens (including phenoxy) is 3. The van der Waals surface area contributed by atoms with Crippen LogP contribution in [0.3, 0.4) is 0 Å².